The first-order valence-electron chi connectivity index (χ1n) is 4.36. The summed E-state index contributed by atoms with van der Waals surface area (Å²) < 4.78 is 13.2. The molecule has 0 aromatic heterocycles. The van der Waals surface area contributed by atoms with Crippen LogP contribution in [-0.2, 0) is 0 Å². The highest BCUT2D eigenvalue weighted by atomic mass is 35.5. The molecular formula is C10H14ClFN2. The Morgan fingerprint density at radius 3 is 2.71 bits per heavy atom. The smallest absolute Gasteiger partial charge is 0.146 e. The van der Waals surface area contributed by atoms with Gasteiger partial charge in [0.2, 0.25) is 0 Å². The number of rotatable bonds is 3. The van der Waals surface area contributed by atoms with Crippen LogP contribution in [0.4, 0.5) is 10.1 Å². The van der Waals surface area contributed by atoms with E-state index in [4.69, 9.17) is 17.3 Å². The van der Waals surface area contributed by atoms with Crippen molar-refractivity contribution < 1.29 is 4.39 Å². The van der Waals surface area contributed by atoms with Crippen molar-refractivity contribution in [3.63, 3.8) is 0 Å². The lowest BCUT2D eigenvalue weighted by molar-refractivity contribution is 0.546. The fourth-order valence-electron chi connectivity index (χ4n) is 0.956. The van der Waals surface area contributed by atoms with Crippen molar-refractivity contribution in [2.24, 2.45) is 5.73 Å². The van der Waals surface area contributed by atoms with E-state index in [1.807, 2.05) is 13.8 Å². The Bertz CT molecular complexity index is 320. The van der Waals surface area contributed by atoms with Crippen molar-refractivity contribution in [2.75, 3.05) is 11.9 Å². The van der Waals surface area contributed by atoms with Crippen LogP contribution in [0, 0.1) is 5.82 Å². The maximum Gasteiger partial charge on any atom is 0.146 e. The molecule has 2 nitrogen and oxygen atoms in total. The number of hydrogen-bond donors (Lipinski definition) is 2. The Hall–Kier alpha value is -0.800. The zero-order chi connectivity index (χ0) is 10.8. The molecule has 0 bridgehead atoms. The molecule has 3 N–H and O–H groups in total. The Morgan fingerprint density at radius 1 is 1.50 bits per heavy atom. The molecule has 0 amide bonds. The van der Waals surface area contributed by atoms with Crippen LogP contribution in [-0.4, -0.2) is 12.1 Å². The molecule has 0 aliphatic rings. The van der Waals surface area contributed by atoms with Gasteiger partial charge in [-0.1, -0.05) is 11.6 Å². The summed E-state index contributed by atoms with van der Waals surface area (Å²) in [6, 6.07) is 4.38. The van der Waals surface area contributed by atoms with Crippen LogP contribution >= 0.6 is 11.6 Å². The van der Waals surface area contributed by atoms with Gasteiger partial charge < -0.3 is 11.1 Å². The molecule has 0 spiro atoms. The SMILES string of the molecule is CC(C)(N)CNc1cc(Cl)ccc1F. The summed E-state index contributed by atoms with van der Waals surface area (Å²) >= 11 is 5.73. The molecule has 0 aliphatic heterocycles. The Kier molecular flexibility index (Phi) is 3.34. The van der Waals surface area contributed by atoms with Crippen LogP contribution < -0.4 is 11.1 Å². The van der Waals surface area contributed by atoms with Gasteiger partial charge >= 0.3 is 0 Å². The average molecular weight is 217 g/mol. The van der Waals surface area contributed by atoms with Crippen LogP contribution in [0.1, 0.15) is 13.8 Å². The molecule has 0 saturated carbocycles. The number of nitrogens with one attached hydrogen (secondary N) is 1. The second-order valence-corrected chi connectivity index (χ2v) is 4.40. The van der Waals surface area contributed by atoms with Gasteiger partial charge in [-0.2, -0.15) is 0 Å². The molecule has 0 atom stereocenters. The highest BCUT2D eigenvalue weighted by Crippen LogP contribution is 2.19. The Balaban J connectivity index is 2.72. The van der Waals surface area contributed by atoms with Crippen LogP contribution in [0.3, 0.4) is 0 Å². The third-order valence-corrected chi connectivity index (χ3v) is 1.90. The second kappa shape index (κ2) is 4.15. The average Bonchev–Trinajstić information content (AvgIpc) is 2.05. The highest BCUT2D eigenvalue weighted by Gasteiger charge is 2.11. The van der Waals surface area contributed by atoms with Gasteiger partial charge in [0.25, 0.3) is 0 Å². The lowest BCUT2D eigenvalue weighted by atomic mass is 10.1. The maximum atomic E-state index is 13.2. The van der Waals surface area contributed by atoms with Crippen LogP contribution in [0.25, 0.3) is 0 Å². The van der Waals surface area contributed by atoms with Crippen LogP contribution in [0.2, 0.25) is 5.02 Å². The summed E-state index contributed by atoms with van der Waals surface area (Å²) in [4.78, 5) is 0. The number of halogens is 2. The molecule has 78 valence electrons. The summed E-state index contributed by atoms with van der Waals surface area (Å²) in [6.07, 6.45) is 0. The van der Waals surface area contributed by atoms with Gasteiger partial charge in [0, 0.05) is 17.1 Å². The summed E-state index contributed by atoms with van der Waals surface area (Å²) in [5.41, 5.74) is 5.76. The van der Waals surface area contributed by atoms with E-state index in [-0.39, 0.29) is 11.4 Å². The van der Waals surface area contributed by atoms with E-state index in [2.05, 4.69) is 5.32 Å². The Labute approximate surface area is 88.2 Å². The van der Waals surface area contributed by atoms with Crippen molar-refractivity contribution in [1.82, 2.24) is 0 Å². The summed E-state index contributed by atoms with van der Waals surface area (Å²) in [5, 5.41) is 3.41. The quantitative estimate of drug-likeness (QED) is 0.815. The first-order valence-corrected chi connectivity index (χ1v) is 4.74. The van der Waals surface area contributed by atoms with E-state index < -0.39 is 0 Å². The molecule has 1 rings (SSSR count). The van der Waals surface area contributed by atoms with Gasteiger partial charge in [0.15, 0.2) is 0 Å². The molecule has 4 heteroatoms. The summed E-state index contributed by atoms with van der Waals surface area (Å²) in [6.45, 7) is 4.22. The molecule has 0 fully saturated rings. The monoisotopic (exact) mass is 216 g/mol. The fraction of sp³-hybridized carbons (Fsp3) is 0.400. The van der Waals surface area contributed by atoms with E-state index in [0.717, 1.165) is 0 Å². The zero-order valence-corrected chi connectivity index (χ0v) is 9.03. The van der Waals surface area contributed by atoms with Gasteiger partial charge in [-0.15, -0.1) is 0 Å². The Morgan fingerprint density at radius 2 is 2.14 bits per heavy atom. The van der Waals surface area contributed by atoms with Gasteiger partial charge in [-0.3, -0.25) is 0 Å². The second-order valence-electron chi connectivity index (χ2n) is 3.97. The molecule has 0 unspecified atom stereocenters. The molecule has 0 aliphatic carbocycles. The van der Waals surface area contributed by atoms with Crippen molar-refractivity contribution in [2.45, 2.75) is 19.4 Å². The maximum absolute atomic E-state index is 13.2. The van der Waals surface area contributed by atoms with Gasteiger partial charge in [0.1, 0.15) is 5.82 Å². The molecule has 0 radical (unpaired) electrons. The van der Waals surface area contributed by atoms with Crippen molar-refractivity contribution in [3.05, 3.63) is 29.0 Å². The van der Waals surface area contributed by atoms with Crippen molar-refractivity contribution in [1.29, 1.82) is 0 Å². The normalized spacial score (nSPS) is 11.5. The minimum absolute atomic E-state index is 0.321. The predicted molar refractivity (Wildman–Crippen MR) is 58.2 cm³/mol. The van der Waals surface area contributed by atoms with Crippen LogP contribution in [0.5, 0.6) is 0 Å². The van der Waals surface area contributed by atoms with E-state index in [1.54, 1.807) is 6.07 Å². The first kappa shape index (κ1) is 11.3. The number of hydrogen-bond acceptors (Lipinski definition) is 2. The minimum atomic E-state index is -0.380. The molecule has 0 heterocycles. The number of anilines is 1. The predicted octanol–water partition coefficient (Wildman–Crippen LogP) is 2.63. The van der Waals surface area contributed by atoms with E-state index in [9.17, 15) is 4.39 Å². The molecule has 0 saturated heterocycles. The highest BCUT2D eigenvalue weighted by molar-refractivity contribution is 6.30. The largest absolute Gasteiger partial charge is 0.381 e. The number of benzene rings is 1. The molecule has 14 heavy (non-hydrogen) atoms. The van der Waals surface area contributed by atoms with Gasteiger partial charge in [-0.05, 0) is 32.0 Å². The fourth-order valence-corrected chi connectivity index (χ4v) is 1.13. The first-order chi connectivity index (χ1) is 6.38. The van der Waals surface area contributed by atoms with Gasteiger partial charge in [-0.25, -0.2) is 4.39 Å². The third kappa shape index (κ3) is 3.52. The van der Waals surface area contributed by atoms with E-state index in [0.29, 0.717) is 17.3 Å². The van der Waals surface area contributed by atoms with Gasteiger partial charge in [0.05, 0.1) is 5.69 Å². The topological polar surface area (TPSA) is 38.0 Å². The van der Waals surface area contributed by atoms with E-state index >= 15 is 0 Å². The van der Waals surface area contributed by atoms with Crippen molar-refractivity contribution >= 4 is 17.3 Å². The molecule has 1 aromatic rings. The summed E-state index contributed by atoms with van der Waals surface area (Å²) in [7, 11) is 0. The molecule has 1 aromatic carbocycles. The lowest BCUT2D eigenvalue weighted by Crippen LogP contribution is -2.39. The molecular weight excluding hydrogens is 203 g/mol. The van der Waals surface area contributed by atoms with Crippen LogP contribution in [0.15, 0.2) is 18.2 Å². The minimum Gasteiger partial charge on any atom is -0.381 e. The number of nitrogens with two attached hydrogens (primary N) is 1. The lowest BCUT2D eigenvalue weighted by Gasteiger charge is -2.20. The van der Waals surface area contributed by atoms with Crippen molar-refractivity contribution in [3.8, 4) is 0 Å². The van der Waals surface area contributed by atoms with E-state index in [1.165, 1.54) is 12.1 Å². The standard InChI is InChI=1S/C10H14ClFN2/c1-10(2,13)6-14-9-5-7(11)3-4-8(9)12/h3-5,14H,6,13H2,1-2H3. The zero-order valence-electron chi connectivity index (χ0n) is 8.27. The summed E-state index contributed by atoms with van der Waals surface area (Å²) in [5.74, 6) is -0.321. The third-order valence-electron chi connectivity index (χ3n) is 1.66.